The Balaban J connectivity index is 0.000000735. The summed E-state index contributed by atoms with van der Waals surface area (Å²) >= 11 is 12.4. The number of Topliss-reactive ketones (excluding diaryl/α,β-unsaturated/α-hetero) is 1. The monoisotopic (exact) mass is 444 g/mol. The van der Waals surface area contributed by atoms with Gasteiger partial charge in [0.1, 0.15) is 0 Å². The number of dihydropyridines is 1. The molecule has 30 heavy (non-hydrogen) atoms. The first-order valence-electron chi connectivity index (χ1n) is 9.84. The second-order valence-corrected chi connectivity index (χ2v) is 8.00. The first kappa shape index (κ1) is 23.7. The summed E-state index contributed by atoms with van der Waals surface area (Å²) in [6.45, 7) is 6.11. The summed E-state index contributed by atoms with van der Waals surface area (Å²) in [5, 5.41) is 6.28. The van der Waals surface area contributed by atoms with Gasteiger partial charge >= 0.3 is 0 Å². The van der Waals surface area contributed by atoms with Crippen molar-refractivity contribution in [3.63, 3.8) is 0 Å². The molecule has 4 nitrogen and oxygen atoms in total. The Morgan fingerprint density at radius 2 is 1.57 bits per heavy atom. The van der Waals surface area contributed by atoms with Crippen molar-refractivity contribution in [2.45, 2.75) is 38.5 Å². The van der Waals surface area contributed by atoms with E-state index in [-0.39, 0.29) is 11.5 Å². The molecule has 0 aliphatic carbocycles. The Labute approximate surface area is 188 Å². The van der Waals surface area contributed by atoms with Crippen LogP contribution in [0.3, 0.4) is 0 Å². The van der Waals surface area contributed by atoms with Gasteiger partial charge in [0.05, 0.1) is 5.70 Å². The van der Waals surface area contributed by atoms with Crippen LogP contribution in [0.5, 0.6) is 0 Å². The van der Waals surface area contributed by atoms with E-state index in [4.69, 9.17) is 23.2 Å². The summed E-state index contributed by atoms with van der Waals surface area (Å²) in [6.07, 6.45) is 5.64. The van der Waals surface area contributed by atoms with Gasteiger partial charge in [0.2, 0.25) is 5.78 Å². The Kier molecular flexibility index (Phi) is 8.70. The molecule has 3 rings (SSSR count). The highest BCUT2D eigenvalue weighted by atomic mass is 35.5. The zero-order chi connectivity index (χ0) is 22.1. The lowest BCUT2D eigenvalue weighted by Crippen LogP contribution is -2.40. The van der Waals surface area contributed by atoms with Crippen LogP contribution in [0, 0.1) is 0 Å². The predicted octanol–water partition coefficient (Wildman–Crippen LogP) is 6.34. The number of hydrogen-bond donors (Lipinski definition) is 2. The third kappa shape index (κ3) is 6.48. The van der Waals surface area contributed by atoms with Crippen molar-refractivity contribution in [3.8, 4) is 0 Å². The molecule has 2 aromatic carbocycles. The van der Waals surface area contributed by atoms with Crippen molar-refractivity contribution in [2.75, 3.05) is 5.32 Å². The Hall–Kier alpha value is -2.56. The van der Waals surface area contributed by atoms with E-state index in [0.29, 0.717) is 22.0 Å². The van der Waals surface area contributed by atoms with Crippen LogP contribution in [0.15, 0.2) is 78.1 Å². The number of anilines is 1. The zero-order valence-corrected chi connectivity index (χ0v) is 18.8. The number of alkyl halides is 1. The smallest absolute Gasteiger partial charge is 0.253 e. The number of carbonyl (C=O) groups excluding carboxylic acids is 2. The molecule has 1 aliphatic heterocycles. The minimum Gasteiger partial charge on any atom is -0.356 e. The number of halogens is 2. The normalized spacial score (nSPS) is 17.5. The van der Waals surface area contributed by atoms with E-state index in [1.165, 1.54) is 18.9 Å². The van der Waals surface area contributed by atoms with E-state index in [1.54, 1.807) is 49.4 Å². The van der Waals surface area contributed by atoms with Gasteiger partial charge in [-0.15, -0.1) is 0 Å². The molecular formula is C24H26Cl2N2O2. The largest absolute Gasteiger partial charge is 0.356 e. The first-order chi connectivity index (χ1) is 14.3. The van der Waals surface area contributed by atoms with Gasteiger partial charge in [0, 0.05) is 22.0 Å². The molecular weight excluding hydrogens is 419 g/mol. The molecule has 0 saturated heterocycles. The summed E-state index contributed by atoms with van der Waals surface area (Å²) in [5.41, 5.74) is 1.93. The molecule has 0 aromatic heterocycles. The Morgan fingerprint density at radius 1 is 0.967 bits per heavy atom. The first-order valence-corrected chi connectivity index (χ1v) is 10.6. The van der Waals surface area contributed by atoms with Crippen LogP contribution in [0.1, 0.15) is 44.0 Å². The lowest BCUT2D eigenvalue weighted by atomic mass is 9.97. The summed E-state index contributed by atoms with van der Waals surface area (Å²) in [7, 11) is 0. The van der Waals surface area contributed by atoms with E-state index in [2.05, 4.69) is 24.5 Å². The fraction of sp³-hybridized carbons (Fsp3) is 0.250. The van der Waals surface area contributed by atoms with Crippen LogP contribution in [-0.2, 0) is 4.79 Å². The number of rotatable bonds is 5. The van der Waals surface area contributed by atoms with Crippen LogP contribution in [0.25, 0.3) is 0 Å². The van der Waals surface area contributed by atoms with Crippen LogP contribution in [0.4, 0.5) is 5.69 Å². The Morgan fingerprint density at radius 3 is 2.13 bits per heavy atom. The molecule has 1 heterocycles. The zero-order valence-electron chi connectivity index (χ0n) is 17.3. The van der Waals surface area contributed by atoms with E-state index >= 15 is 0 Å². The van der Waals surface area contributed by atoms with Gasteiger partial charge in [-0.2, -0.15) is 0 Å². The van der Waals surface area contributed by atoms with Gasteiger partial charge < -0.3 is 10.6 Å². The minimum absolute atomic E-state index is 0.241. The summed E-state index contributed by atoms with van der Waals surface area (Å²) in [5.74, 6) is -0.709. The van der Waals surface area contributed by atoms with Crippen molar-refractivity contribution < 1.29 is 9.59 Å². The lowest BCUT2D eigenvalue weighted by Gasteiger charge is -2.26. The highest BCUT2D eigenvalue weighted by Gasteiger charge is 2.36. The van der Waals surface area contributed by atoms with E-state index in [9.17, 15) is 9.59 Å². The number of nitrogens with one attached hydrogen (secondary N) is 2. The predicted molar refractivity (Wildman–Crippen MR) is 125 cm³/mol. The number of amides is 1. The third-order valence-corrected chi connectivity index (χ3v) is 4.99. The molecule has 2 N–H and O–H groups in total. The van der Waals surface area contributed by atoms with Crippen LogP contribution < -0.4 is 10.6 Å². The van der Waals surface area contributed by atoms with Crippen molar-refractivity contribution in [2.24, 2.45) is 0 Å². The van der Waals surface area contributed by atoms with E-state index < -0.39 is 10.8 Å². The highest BCUT2D eigenvalue weighted by Crippen LogP contribution is 2.29. The molecule has 6 heteroatoms. The quantitative estimate of drug-likeness (QED) is 0.417. The molecule has 1 aliphatic rings. The summed E-state index contributed by atoms with van der Waals surface area (Å²) in [6, 6.07) is 15.5. The fourth-order valence-electron chi connectivity index (χ4n) is 2.61. The maximum absolute atomic E-state index is 12.7. The fourth-order valence-corrected chi connectivity index (χ4v) is 3.06. The summed E-state index contributed by atoms with van der Waals surface area (Å²) < 4.78 is 0. The van der Waals surface area contributed by atoms with Crippen LogP contribution >= 0.6 is 23.2 Å². The topological polar surface area (TPSA) is 58.2 Å². The van der Waals surface area contributed by atoms with Gasteiger partial charge in [-0.25, -0.2) is 0 Å². The van der Waals surface area contributed by atoms with Crippen molar-refractivity contribution in [1.29, 1.82) is 0 Å². The molecule has 0 bridgehead atoms. The molecule has 0 saturated carbocycles. The second kappa shape index (κ2) is 11.0. The van der Waals surface area contributed by atoms with Crippen molar-refractivity contribution in [3.05, 3.63) is 88.7 Å². The number of hydrogen-bond acceptors (Lipinski definition) is 3. The maximum Gasteiger partial charge on any atom is 0.253 e. The van der Waals surface area contributed by atoms with Crippen LogP contribution in [0.2, 0.25) is 5.02 Å². The van der Waals surface area contributed by atoms with Crippen molar-refractivity contribution >= 4 is 40.6 Å². The number of ketones is 1. The van der Waals surface area contributed by atoms with Gasteiger partial charge in [-0.3, -0.25) is 9.59 Å². The molecule has 158 valence electrons. The second-order valence-electron chi connectivity index (χ2n) is 6.93. The van der Waals surface area contributed by atoms with Gasteiger partial charge in [-0.05, 0) is 55.5 Å². The molecule has 1 atom stereocenters. The maximum atomic E-state index is 12.7. The molecule has 2 aromatic rings. The molecule has 0 spiro atoms. The molecule has 1 amide bonds. The van der Waals surface area contributed by atoms with Crippen molar-refractivity contribution in [1.82, 2.24) is 5.32 Å². The average molecular weight is 445 g/mol. The van der Waals surface area contributed by atoms with Crippen LogP contribution in [-0.4, -0.2) is 16.6 Å². The van der Waals surface area contributed by atoms with E-state index in [0.717, 1.165) is 0 Å². The lowest BCUT2D eigenvalue weighted by molar-refractivity contribution is -0.116. The molecule has 0 fully saturated rings. The number of unbranched alkanes of at least 4 members (excludes halogenated alkanes) is 1. The third-order valence-electron chi connectivity index (χ3n) is 4.34. The average Bonchev–Trinajstić information content (AvgIpc) is 2.74. The minimum atomic E-state index is -1.47. The number of para-hydroxylation sites is 1. The number of benzene rings is 2. The van der Waals surface area contributed by atoms with Gasteiger partial charge in [-0.1, -0.05) is 68.1 Å². The number of carbonyl (C=O) groups is 2. The summed E-state index contributed by atoms with van der Waals surface area (Å²) in [4.78, 5) is 24.0. The van der Waals surface area contributed by atoms with Gasteiger partial charge in [0.15, 0.2) is 4.87 Å². The van der Waals surface area contributed by atoms with E-state index in [1.807, 2.05) is 18.2 Å². The molecule has 1 unspecified atom stereocenters. The number of allylic oxidation sites excluding steroid dienone is 2. The standard InChI is InChI=1S/C20H16Cl2N2O2.C4H10/c1-13-11-20(22,19(26)24-16-5-3-2-4-6-16)12-17(23-13)18(25)14-7-9-15(21)10-8-14;1-3-4-2/h2-12,23H,1H3,(H,24,26);3-4H2,1-2H3. The van der Waals surface area contributed by atoms with Gasteiger partial charge in [0.25, 0.3) is 5.91 Å². The SMILES string of the molecule is CC1=CC(Cl)(C(=O)Nc2ccccc2)C=C(C(=O)c2ccc(Cl)cc2)N1.CCCC. The highest BCUT2D eigenvalue weighted by molar-refractivity contribution is 6.40. The Bertz CT molecular complexity index is 935. The molecule has 0 radical (unpaired) electrons.